The molecular weight excluding hydrogens is 334 g/mol. The highest BCUT2D eigenvalue weighted by atomic mass is 32.1. The summed E-state index contributed by atoms with van der Waals surface area (Å²) in [6, 6.07) is 10.2. The quantitative estimate of drug-likeness (QED) is 0.798. The summed E-state index contributed by atoms with van der Waals surface area (Å²) >= 11 is 1.58. The van der Waals surface area contributed by atoms with Gasteiger partial charge in [-0.25, -0.2) is 4.98 Å². The third-order valence-electron chi connectivity index (χ3n) is 4.48. The lowest BCUT2D eigenvalue weighted by Gasteiger charge is -2.21. The maximum Gasteiger partial charge on any atom is 0.242 e. The van der Waals surface area contributed by atoms with Gasteiger partial charge in [-0.1, -0.05) is 30.3 Å². The standard InChI is InChI=1S/C19H23N3O2S/c1-14-20-17(13-25-14)11-21(2)19(24)12-22-10-16(9-18(22)23)8-15-6-4-3-5-7-15/h3-7,13,16H,8-12H2,1-2H3. The monoisotopic (exact) mass is 357 g/mol. The molecule has 0 spiro atoms. The van der Waals surface area contributed by atoms with Gasteiger partial charge in [0, 0.05) is 25.4 Å². The number of amides is 2. The molecule has 1 atom stereocenters. The SMILES string of the molecule is Cc1nc(CN(C)C(=O)CN2CC(Cc3ccccc3)CC2=O)cs1. The van der Waals surface area contributed by atoms with Crippen molar-refractivity contribution in [3.05, 3.63) is 52.0 Å². The van der Waals surface area contributed by atoms with Gasteiger partial charge in [0.05, 0.1) is 23.8 Å². The number of carbonyl (C=O) groups is 2. The van der Waals surface area contributed by atoms with Crippen LogP contribution in [0.25, 0.3) is 0 Å². The van der Waals surface area contributed by atoms with Gasteiger partial charge in [0.25, 0.3) is 0 Å². The minimum Gasteiger partial charge on any atom is -0.338 e. The number of hydrogen-bond donors (Lipinski definition) is 0. The molecule has 1 aromatic carbocycles. The summed E-state index contributed by atoms with van der Waals surface area (Å²) in [5, 5.41) is 2.96. The molecule has 2 amide bonds. The highest BCUT2D eigenvalue weighted by Crippen LogP contribution is 2.22. The van der Waals surface area contributed by atoms with E-state index in [2.05, 4.69) is 17.1 Å². The number of rotatable bonds is 6. The van der Waals surface area contributed by atoms with Crippen molar-refractivity contribution >= 4 is 23.2 Å². The van der Waals surface area contributed by atoms with Crippen molar-refractivity contribution in [2.75, 3.05) is 20.1 Å². The van der Waals surface area contributed by atoms with E-state index in [1.54, 1.807) is 28.2 Å². The second-order valence-corrected chi connectivity index (χ2v) is 7.70. The lowest BCUT2D eigenvalue weighted by Crippen LogP contribution is -2.39. The molecule has 2 aromatic rings. The molecule has 0 bridgehead atoms. The minimum atomic E-state index is -0.0423. The average molecular weight is 357 g/mol. The van der Waals surface area contributed by atoms with Crippen LogP contribution in [-0.4, -0.2) is 46.7 Å². The Hall–Kier alpha value is -2.21. The number of nitrogens with zero attached hydrogens (tertiary/aromatic N) is 3. The smallest absolute Gasteiger partial charge is 0.242 e. The van der Waals surface area contributed by atoms with Gasteiger partial charge in [0.1, 0.15) is 0 Å². The first-order valence-corrected chi connectivity index (χ1v) is 9.36. The molecule has 1 aliphatic heterocycles. The molecular formula is C19H23N3O2S. The van der Waals surface area contributed by atoms with Gasteiger partial charge in [0.2, 0.25) is 11.8 Å². The van der Waals surface area contributed by atoms with Crippen LogP contribution in [0.5, 0.6) is 0 Å². The summed E-state index contributed by atoms with van der Waals surface area (Å²) in [4.78, 5) is 32.4. The number of aryl methyl sites for hydroxylation is 1. The number of thiazole rings is 1. The number of likely N-dealkylation sites (N-methyl/N-ethyl adjacent to an activating group) is 1. The average Bonchev–Trinajstić information content (AvgIpc) is 3.14. The Morgan fingerprint density at radius 3 is 2.80 bits per heavy atom. The molecule has 6 heteroatoms. The normalized spacial score (nSPS) is 17.1. The van der Waals surface area contributed by atoms with Crippen molar-refractivity contribution in [1.82, 2.24) is 14.8 Å². The molecule has 1 aromatic heterocycles. The largest absolute Gasteiger partial charge is 0.338 e. The van der Waals surface area contributed by atoms with Crippen molar-refractivity contribution in [2.45, 2.75) is 26.3 Å². The van der Waals surface area contributed by atoms with Gasteiger partial charge in [-0.05, 0) is 24.8 Å². The molecule has 0 N–H and O–H groups in total. The van der Waals surface area contributed by atoms with E-state index in [9.17, 15) is 9.59 Å². The molecule has 1 saturated heterocycles. The molecule has 5 nitrogen and oxygen atoms in total. The number of hydrogen-bond acceptors (Lipinski definition) is 4. The predicted octanol–water partition coefficient (Wildman–Crippen LogP) is 2.50. The number of benzene rings is 1. The fourth-order valence-corrected chi connectivity index (χ4v) is 3.79. The Kier molecular flexibility index (Phi) is 5.48. The second kappa shape index (κ2) is 7.78. The number of likely N-dealkylation sites (tertiary alicyclic amines) is 1. The first kappa shape index (κ1) is 17.6. The van der Waals surface area contributed by atoms with Crippen LogP contribution < -0.4 is 0 Å². The van der Waals surface area contributed by atoms with Crippen molar-refractivity contribution in [2.24, 2.45) is 5.92 Å². The summed E-state index contributed by atoms with van der Waals surface area (Å²) < 4.78 is 0. The van der Waals surface area contributed by atoms with Crippen molar-refractivity contribution < 1.29 is 9.59 Å². The summed E-state index contributed by atoms with van der Waals surface area (Å²) in [5.74, 6) is 0.320. The molecule has 1 fully saturated rings. The maximum absolute atomic E-state index is 12.4. The third-order valence-corrected chi connectivity index (χ3v) is 5.30. The van der Waals surface area contributed by atoms with Gasteiger partial charge < -0.3 is 9.80 Å². The van der Waals surface area contributed by atoms with Crippen LogP contribution in [0.4, 0.5) is 0 Å². The zero-order chi connectivity index (χ0) is 17.8. The number of carbonyl (C=O) groups excluding carboxylic acids is 2. The Bertz CT molecular complexity index is 744. The Labute approximate surface area is 152 Å². The van der Waals surface area contributed by atoms with Crippen LogP contribution in [-0.2, 0) is 22.6 Å². The minimum absolute atomic E-state index is 0.0423. The summed E-state index contributed by atoms with van der Waals surface area (Å²) in [6.07, 6.45) is 1.41. The van der Waals surface area contributed by atoms with Crippen molar-refractivity contribution in [1.29, 1.82) is 0 Å². The first-order chi connectivity index (χ1) is 12.0. The fourth-order valence-electron chi connectivity index (χ4n) is 3.19. The Balaban J connectivity index is 1.51. The molecule has 1 unspecified atom stereocenters. The van der Waals surface area contributed by atoms with Crippen LogP contribution in [0.15, 0.2) is 35.7 Å². The fraction of sp³-hybridized carbons (Fsp3) is 0.421. The van der Waals surface area contributed by atoms with Gasteiger partial charge in [-0.15, -0.1) is 11.3 Å². The zero-order valence-electron chi connectivity index (χ0n) is 14.6. The highest BCUT2D eigenvalue weighted by Gasteiger charge is 2.31. The molecule has 2 heterocycles. The molecule has 0 saturated carbocycles. The number of aromatic nitrogens is 1. The van der Waals surface area contributed by atoms with E-state index in [0.717, 1.165) is 17.1 Å². The summed E-state index contributed by atoms with van der Waals surface area (Å²) in [7, 11) is 1.76. The van der Waals surface area contributed by atoms with Crippen LogP contribution >= 0.6 is 11.3 Å². The lowest BCUT2D eigenvalue weighted by molar-refractivity contribution is -0.137. The van der Waals surface area contributed by atoms with E-state index in [1.807, 2.05) is 30.5 Å². The van der Waals surface area contributed by atoms with Crippen LogP contribution in [0.1, 0.15) is 22.7 Å². The van der Waals surface area contributed by atoms with E-state index in [4.69, 9.17) is 0 Å². The lowest BCUT2D eigenvalue weighted by atomic mass is 9.99. The first-order valence-electron chi connectivity index (χ1n) is 8.48. The third kappa shape index (κ3) is 4.66. The Morgan fingerprint density at radius 2 is 2.12 bits per heavy atom. The van der Waals surface area contributed by atoms with E-state index >= 15 is 0 Å². The molecule has 1 aliphatic rings. The van der Waals surface area contributed by atoms with E-state index in [0.29, 0.717) is 19.5 Å². The highest BCUT2D eigenvalue weighted by molar-refractivity contribution is 7.09. The van der Waals surface area contributed by atoms with Gasteiger partial charge in [0.15, 0.2) is 0 Å². The molecule has 132 valence electrons. The van der Waals surface area contributed by atoms with Gasteiger partial charge in [-0.2, -0.15) is 0 Å². The van der Waals surface area contributed by atoms with Crippen LogP contribution in [0, 0.1) is 12.8 Å². The van der Waals surface area contributed by atoms with Crippen LogP contribution in [0.3, 0.4) is 0 Å². The zero-order valence-corrected chi connectivity index (χ0v) is 15.5. The maximum atomic E-state index is 12.4. The van der Waals surface area contributed by atoms with Crippen molar-refractivity contribution in [3.8, 4) is 0 Å². The Morgan fingerprint density at radius 1 is 1.36 bits per heavy atom. The van der Waals surface area contributed by atoms with Crippen molar-refractivity contribution in [3.63, 3.8) is 0 Å². The van der Waals surface area contributed by atoms with E-state index in [-0.39, 0.29) is 24.3 Å². The van der Waals surface area contributed by atoms with Gasteiger partial charge in [-0.3, -0.25) is 9.59 Å². The topological polar surface area (TPSA) is 53.5 Å². The molecule has 25 heavy (non-hydrogen) atoms. The van der Waals surface area contributed by atoms with Gasteiger partial charge >= 0.3 is 0 Å². The summed E-state index contributed by atoms with van der Waals surface area (Å²) in [5.41, 5.74) is 2.14. The van der Waals surface area contributed by atoms with Crippen LogP contribution in [0.2, 0.25) is 0 Å². The molecule has 0 aliphatic carbocycles. The molecule has 0 radical (unpaired) electrons. The second-order valence-electron chi connectivity index (χ2n) is 6.64. The van der Waals surface area contributed by atoms with E-state index < -0.39 is 0 Å². The molecule has 3 rings (SSSR count). The van der Waals surface area contributed by atoms with E-state index in [1.165, 1.54) is 5.56 Å². The predicted molar refractivity (Wildman–Crippen MR) is 98.2 cm³/mol. The summed E-state index contributed by atoms with van der Waals surface area (Å²) in [6.45, 7) is 3.25.